The van der Waals surface area contributed by atoms with E-state index in [1.807, 2.05) is 0 Å². The summed E-state index contributed by atoms with van der Waals surface area (Å²) in [6.45, 7) is 0.875. The highest BCUT2D eigenvalue weighted by Gasteiger charge is 2.23. The van der Waals surface area contributed by atoms with Crippen molar-refractivity contribution >= 4 is 15.4 Å². The maximum Gasteiger partial charge on any atom is 0.249 e. The maximum absolute atomic E-state index is 11.3. The second-order valence-corrected chi connectivity index (χ2v) is 5.87. The molecule has 1 aromatic carbocycles. The van der Waals surface area contributed by atoms with Crippen molar-refractivity contribution in [3.05, 3.63) is 26.5 Å². The highest BCUT2D eigenvalue weighted by Crippen LogP contribution is 2.11. The van der Waals surface area contributed by atoms with Crippen LogP contribution < -0.4 is 15.8 Å². The van der Waals surface area contributed by atoms with E-state index in [-0.39, 0.29) is 11.5 Å². The quantitative estimate of drug-likeness (QED) is 0.618. The molecule has 2 rings (SSSR count). The van der Waals surface area contributed by atoms with Gasteiger partial charge in [0.05, 0.1) is 5.69 Å². The Bertz CT molecular complexity index is 511. The smallest absolute Gasteiger partial charge is 0.249 e. The second-order valence-electron chi connectivity index (χ2n) is 3.43. The van der Waals surface area contributed by atoms with E-state index >= 15 is 0 Å². The molecule has 1 aliphatic rings. The summed E-state index contributed by atoms with van der Waals surface area (Å²) in [5.74, 6) is 0.567. The first-order valence-corrected chi connectivity index (χ1v) is 6.19. The van der Waals surface area contributed by atoms with Crippen molar-refractivity contribution in [2.75, 3.05) is 29.5 Å². The van der Waals surface area contributed by atoms with Crippen molar-refractivity contribution < 1.29 is 4.21 Å². The van der Waals surface area contributed by atoms with E-state index < -0.39 is 20.6 Å². The van der Waals surface area contributed by atoms with Crippen molar-refractivity contribution in [2.24, 2.45) is 0 Å². The lowest BCUT2D eigenvalue weighted by molar-refractivity contribution is 0.663. The molecule has 1 aromatic rings. The first-order chi connectivity index (χ1) is 6.49. The van der Waals surface area contributed by atoms with Crippen molar-refractivity contribution in [2.45, 2.75) is 0 Å². The Labute approximate surface area is 81.0 Å². The Hall–Kier alpha value is -1.17. The largest absolute Gasteiger partial charge is 0.366 e. The van der Waals surface area contributed by atoms with Crippen molar-refractivity contribution in [1.29, 1.82) is 4.78 Å². The SMILES string of the molecule is N=S1(=O)CCN(c2cc(=O)c2=O)CC1. The predicted molar refractivity (Wildman–Crippen MR) is 54.2 cm³/mol. The van der Waals surface area contributed by atoms with Gasteiger partial charge in [-0.2, -0.15) is 0 Å². The van der Waals surface area contributed by atoms with Gasteiger partial charge in [-0.1, -0.05) is 0 Å². The van der Waals surface area contributed by atoms with Crippen LogP contribution >= 0.6 is 0 Å². The number of nitrogens with one attached hydrogen (secondary N) is 1. The molecule has 1 aliphatic heterocycles. The average molecular weight is 214 g/mol. The van der Waals surface area contributed by atoms with Crippen LogP contribution in [0.5, 0.6) is 0 Å². The zero-order valence-electron chi connectivity index (χ0n) is 7.49. The molecule has 0 spiro atoms. The third kappa shape index (κ3) is 1.45. The van der Waals surface area contributed by atoms with Crippen molar-refractivity contribution in [1.82, 2.24) is 0 Å². The molecule has 0 radical (unpaired) electrons. The molecule has 14 heavy (non-hydrogen) atoms. The molecule has 0 atom stereocenters. The lowest BCUT2D eigenvalue weighted by atomic mass is 10.2. The summed E-state index contributed by atoms with van der Waals surface area (Å²) in [6, 6.07) is 1.30. The van der Waals surface area contributed by atoms with Gasteiger partial charge in [0.1, 0.15) is 0 Å². The number of anilines is 1. The first kappa shape index (κ1) is 9.39. The molecule has 6 heteroatoms. The minimum atomic E-state index is -2.43. The Kier molecular flexibility index (Phi) is 1.95. The summed E-state index contributed by atoms with van der Waals surface area (Å²) in [4.78, 5) is 23.4. The molecule has 1 fully saturated rings. The summed E-state index contributed by atoms with van der Waals surface area (Å²) >= 11 is 0. The van der Waals surface area contributed by atoms with Crippen LogP contribution in [0.4, 0.5) is 5.69 Å². The van der Waals surface area contributed by atoms with Gasteiger partial charge in [0, 0.05) is 40.4 Å². The third-order valence-electron chi connectivity index (χ3n) is 2.45. The molecule has 0 aliphatic carbocycles. The van der Waals surface area contributed by atoms with Gasteiger partial charge in [-0.15, -0.1) is 0 Å². The standard InChI is InChI=1S/C8H10N2O3S/c9-14(13)3-1-10(2-4-14)6-5-7(11)8(6)12/h5,9H,1-4H2. The summed E-state index contributed by atoms with van der Waals surface area (Å²) in [7, 11) is -2.43. The Balaban J connectivity index is 2.15. The number of hydrogen-bond acceptors (Lipinski definition) is 5. The summed E-state index contributed by atoms with van der Waals surface area (Å²) in [6.07, 6.45) is 0. The molecule has 0 unspecified atom stereocenters. The highest BCUT2D eigenvalue weighted by atomic mass is 32.2. The van der Waals surface area contributed by atoms with Gasteiger partial charge >= 0.3 is 0 Å². The summed E-state index contributed by atoms with van der Waals surface area (Å²) < 4.78 is 18.6. The van der Waals surface area contributed by atoms with Crippen molar-refractivity contribution in [3.63, 3.8) is 0 Å². The van der Waals surface area contributed by atoms with Crippen LogP contribution in [-0.4, -0.2) is 28.8 Å². The fourth-order valence-electron chi connectivity index (χ4n) is 1.51. The molecule has 0 amide bonds. The van der Waals surface area contributed by atoms with E-state index in [4.69, 9.17) is 4.78 Å². The van der Waals surface area contributed by atoms with E-state index in [1.54, 1.807) is 4.90 Å². The van der Waals surface area contributed by atoms with Gasteiger partial charge in [0.2, 0.25) is 10.9 Å². The molecule has 1 N–H and O–H groups in total. The number of rotatable bonds is 1. The van der Waals surface area contributed by atoms with Crippen LogP contribution in [0.2, 0.25) is 0 Å². The van der Waals surface area contributed by atoms with E-state index in [2.05, 4.69) is 0 Å². The normalized spacial score (nSPS) is 21.3. The molecule has 1 saturated heterocycles. The Morgan fingerprint density at radius 1 is 1.29 bits per heavy atom. The summed E-state index contributed by atoms with van der Waals surface area (Å²) in [5, 5.41) is 0. The predicted octanol–water partition coefficient (Wildman–Crippen LogP) is -0.851. The maximum atomic E-state index is 11.3. The van der Waals surface area contributed by atoms with Gasteiger partial charge in [0.15, 0.2) is 0 Å². The lowest BCUT2D eigenvalue weighted by Crippen LogP contribution is -2.46. The molecule has 0 saturated carbocycles. The highest BCUT2D eigenvalue weighted by molar-refractivity contribution is 7.92. The van der Waals surface area contributed by atoms with E-state index in [1.165, 1.54) is 6.07 Å². The lowest BCUT2D eigenvalue weighted by Gasteiger charge is -2.29. The van der Waals surface area contributed by atoms with Gasteiger partial charge in [-0.3, -0.25) is 14.4 Å². The van der Waals surface area contributed by atoms with Crippen LogP contribution in [0, 0.1) is 4.78 Å². The van der Waals surface area contributed by atoms with Gasteiger partial charge in [0.25, 0.3) is 0 Å². The summed E-state index contributed by atoms with van der Waals surface area (Å²) in [5.41, 5.74) is -0.495. The zero-order chi connectivity index (χ0) is 10.3. The number of nitrogens with zero attached hydrogens (tertiary/aromatic N) is 1. The van der Waals surface area contributed by atoms with Crippen LogP contribution in [0.1, 0.15) is 0 Å². The van der Waals surface area contributed by atoms with Crippen molar-refractivity contribution in [3.8, 4) is 0 Å². The molecule has 1 heterocycles. The van der Waals surface area contributed by atoms with Crippen LogP contribution in [0.15, 0.2) is 15.7 Å². The molecular weight excluding hydrogens is 204 g/mol. The minimum Gasteiger partial charge on any atom is -0.366 e. The molecular formula is C8H10N2O3S. The molecule has 76 valence electrons. The van der Waals surface area contributed by atoms with Gasteiger partial charge in [-0.25, -0.2) is 4.21 Å². The van der Waals surface area contributed by atoms with Gasteiger partial charge < -0.3 is 4.90 Å². The van der Waals surface area contributed by atoms with E-state index in [9.17, 15) is 13.8 Å². The fraction of sp³-hybridized carbons (Fsp3) is 0.500. The molecule has 0 bridgehead atoms. The monoisotopic (exact) mass is 214 g/mol. The first-order valence-electron chi connectivity index (χ1n) is 4.29. The van der Waals surface area contributed by atoms with Gasteiger partial charge in [-0.05, 0) is 0 Å². The molecule has 0 aromatic heterocycles. The Morgan fingerprint density at radius 3 is 2.29 bits per heavy atom. The van der Waals surface area contributed by atoms with Crippen LogP contribution in [0.25, 0.3) is 0 Å². The molecule has 5 nitrogen and oxygen atoms in total. The van der Waals surface area contributed by atoms with E-state index in [0.717, 1.165) is 0 Å². The Morgan fingerprint density at radius 2 is 1.86 bits per heavy atom. The second kappa shape index (κ2) is 2.91. The van der Waals surface area contributed by atoms with E-state index in [0.29, 0.717) is 18.8 Å². The zero-order valence-corrected chi connectivity index (χ0v) is 8.30. The van der Waals surface area contributed by atoms with Crippen LogP contribution in [-0.2, 0) is 9.73 Å². The minimum absolute atomic E-state index is 0.284. The third-order valence-corrected chi connectivity index (χ3v) is 4.13. The average Bonchev–Trinajstić information content (AvgIpc) is 2.15. The fourth-order valence-corrected chi connectivity index (χ4v) is 2.74. The topological polar surface area (TPSA) is 78.3 Å². The number of hydrogen-bond donors (Lipinski definition) is 1. The van der Waals surface area contributed by atoms with Crippen LogP contribution in [0.3, 0.4) is 0 Å².